The molecule has 0 radical (unpaired) electrons. The highest BCUT2D eigenvalue weighted by atomic mass is 35.5. The molecule has 0 aromatic heterocycles. The lowest BCUT2D eigenvalue weighted by atomic mass is 10.0. The van der Waals surface area contributed by atoms with Crippen LogP contribution in [-0.2, 0) is 4.79 Å². The summed E-state index contributed by atoms with van der Waals surface area (Å²) in [7, 11) is 0. The van der Waals surface area contributed by atoms with Gasteiger partial charge in [0.1, 0.15) is 11.3 Å². The van der Waals surface area contributed by atoms with Crippen molar-refractivity contribution in [2.75, 3.05) is 0 Å². The van der Waals surface area contributed by atoms with E-state index in [0.29, 0.717) is 5.56 Å². The van der Waals surface area contributed by atoms with Gasteiger partial charge in [-0.3, -0.25) is 0 Å². The van der Waals surface area contributed by atoms with Gasteiger partial charge < -0.3 is 9.84 Å². The zero-order chi connectivity index (χ0) is 11.9. The van der Waals surface area contributed by atoms with Gasteiger partial charge in [0, 0.05) is 5.56 Å². The van der Waals surface area contributed by atoms with Crippen molar-refractivity contribution in [1.29, 1.82) is 0 Å². The minimum absolute atomic E-state index is 0.185. The molecule has 2 rings (SSSR count). The highest BCUT2D eigenvalue weighted by Gasteiger charge is 2.28. The standard InChI is InChI=1S/C11H8ClFO3/c1-5-2-6-4-7(11(14)15)10(13)16-9(6)8(12)3-5/h2-4,10H,1H3,(H,14,15). The van der Waals surface area contributed by atoms with Gasteiger partial charge in [-0.25, -0.2) is 4.79 Å². The molecule has 0 amide bonds. The number of benzene rings is 1. The van der Waals surface area contributed by atoms with Crippen LogP contribution in [0.3, 0.4) is 0 Å². The Bertz CT molecular complexity index is 496. The van der Waals surface area contributed by atoms with Gasteiger partial charge in [-0.05, 0) is 30.7 Å². The summed E-state index contributed by atoms with van der Waals surface area (Å²) in [6.07, 6.45) is -0.741. The van der Waals surface area contributed by atoms with E-state index in [0.717, 1.165) is 5.56 Å². The molecule has 0 fully saturated rings. The molecule has 1 aliphatic rings. The van der Waals surface area contributed by atoms with Crippen molar-refractivity contribution < 1.29 is 19.0 Å². The number of carboxylic acid groups (broad SMARTS) is 1. The summed E-state index contributed by atoms with van der Waals surface area (Å²) >= 11 is 5.87. The normalized spacial score (nSPS) is 18.4. The van der Waals surface area contributed by atoms with Crippen molar-refractivity contribution >= 4 is 23.6 Å². The Kier molecular flexibility index (Phi) is 2.59. The summed E-state index contributed by atoms with van der Waals surface area (Å²) in [6.45, 7) is 1.81. The summed E-state index contributed by atoms with van der Waals surface area (Å²) in [4.78, 5) is 10.7. The van der Waals surface area contributed by atoms with E-state index < -0.39 is 17.9 Å². The maximum Gasteiger partial charge on any atom is 0.338 e. The summed E-state index contributed by atoms with van der Waals surface area (Å²) in [6, 6.07) is 3.32. The second-order valence-electron chi connectivity index (χ2n) is 3.50. The van der Waals surface area contributed by atoms with E-state index in [4.69, 9.17) is 21.4 Å². The minimum Gasteiger partial charge on any atom is -0.478 e. The van der Waals surface area contributed by atoms with E-state index in [-0.39, 0.29) is 10.8 Å². The Morgan fingerprint density at radius 1 is 1.56 bits per heavy atom. The van der Waals surface area contributed by atoms with Gasteiger partial charge >= 0.3 is 5.97 Å². The van der Waals surface area contributed by atoms with E-state index in [2.05, 4.69) is 0 Å². The molecule has 0 saturated heterocycles. The third-order valence-electron chi connectivity index (χ3n) is 2.24. The Morgan fingerprint density at radius 2 is 2.25 bits per heavy atom. The minimum atomic E-state index is -1.98. The van der Waals surface area contributed by atoms with Crippen LogP contribution in [0.5, 0.6) is 5.75 Å². The molecule has 1 aromatic carbocycles. The van der Waals surface area contributed by atoms with E-state index in [9.17, 15) is 9.18 Å². The molecular formula is C11H8ClFO3. The average molecular weight is 243 g/mol. The maximum absolute atomic E-state index is 13.3. The van der Waals surface area contributed by atoms with E-state index in [1.54, 1.807) is 12.1 Å². The lowest BCUT2D eigenvalue weighted by molar-refractivity contribution is -0.134. The predicted molar refractivity (Wildman–Crippen MR) is 57.3 cm³/mol. The van der Waals surface area contributed by atoms with Gasteiger partial charge in [0.05, 0.1) is 5.02 Å². The lowest BCUT2D eigenvalue weighted by Crippen LogP contribution is -2.23. The van der Waals surface area contributed by atoms with Crippen molar-refractivity contribution in [2.24, 2.45) is 0 Å². The van der Waals surface area contributed by atoms with Crippen LogP contribution in [0.2, 0.25) is 5.02 Å². The van der Waals surface area contributed by atoms with Crippen molar-refractivity contribution in [1.82, 2.24) is 0 Å². The number of hydrogen-bond donors (Lipinski definition) is 1. The van der Waals surface area contributed by atoms with Crippen LogP contribution in [0.15, 0.2) is 17.7 Å². The molecule has 0 spiro atoms. The van der Waals surface area contributed by atoms with Crippen LogP contribution >= 0.6 is 11.6 Å². The van der Waals surface area contributed by atoms with Crippen LogP contribution in [-0.4, -0.2) is 17.4 Å². The third kappa shape index (κ3) is 1.76. The number of alkyl halides is 1. The summed E-state index contributed by atoms with van der Waals surface area (Å²) < 4.78 is 18.2. The molecule has 1 N–H and O–H groups in total. The molecule has 3 nitrogen and oxygen atoms in total. The number of fused-ring (bicyclic) bond motifs is 1. The Labute approximate surface area is 96.1 Å². The van der Waals surface area contributed by atoms with Crippen LogP contribution in [0.1, 0.15) is 11.1 Å². The molecule has 1 unspecified atom stereocenters. The fraction of sp³-hybridized carbons (Fsp3) is 0.182. The molecule has 84 valence electrons. The monoisotopic (exact) mass is 242 g/mol. The molecule has 1 aromatic rings. The number of halogens is 2. The summed E-state index contributed by atoms with van der Waals surface area (Å²) in [5, 5.41) is 9.03. The van der Waals surface area contributed by atoms with Gasteiger partial charge in [-0.2, -0.15) is 4.39 Å². The number of aryl methyl sites for hydroxylation is 1. The number of ether oxygens (including phenoxy) is 1. The number of rotatable bonds is 1. The van der Waals surface area contributed by atoms with Crippen molar-refractivity contribution in [2.45, 2.75) is 13.3 Å². The Hall–Kier alpha value is -1.55. The fourth-order valence-corrected chi connectivity index (χ4v) is 1.87. The maximum atomic E-state index is 13.3. The van der Waals surface area contributed by atoms with Gasteiger partial charge in [0.15, 0.2) is 0 Å². The first-order chi connectivity index (χ1) is 7.49. The molecule has 0 aliphatic carbocycles. The van der Waals surface area contributed by atoms with Gasteiger partial charge in [0.25, 0.3) is 6.36 Å². The fourth-order valence-electron chi connectivity index (χ4n) is 1.55. The quantitative estimate of drug-likeness (QED) is 0.824. The van der Waals surface area contributed by atoms with Gasteiger partial charge in [-0.1, -0.05) is 11.6 Å². The van der Waals surface area contributed by atoms with Crippen LogP contribution < -0.4 is 4.74 Å². The topological polar surface area (TPSA) is 46.5 Å². The predicted octanol–water partition coefficient (Wildman–Crippen LogP) is 2.80. The number of carboxylic acids is 1. The van der Waals surface area contributed by atoms with E-state index in [1.807, 2.05) is 6.92 Å². The second kappa shape index (κ2) is 3.79. The molecule has 0 saturated carbocycles. The van der Waals surface area contributed by atoms with Crippen LogP contribution in [0.4, 0.5) is 4.39 Å². The Morgan fingerprint density at radius 3 is 2.88 bits per heavy atom. The largest absolute Gasteiger partial charge is 0.478 e. The zero-order valence-electron chi connectivity index (χ0n) is 8.33. The Balaban J connectivity index is 2.59. The number of aliphatic carboxylic acids is 1. The molecule has 0 bridgehead atoms. The lowest BCUT2D eigenvalue weighted by Gasteiger charge is -2.20. The first kappa shape index (κ1) is 11.0. The highest BCUT2D eigenvalue weighted by Crippen LogP contribution is 2.37. The van der Waals surface area contributed by atoms with Crippen molar-refractivity contribution in [3.63, 3.8) is 0 Å². The molecular weight excluding hydrogens is 235 g/mol. The second-order valence-corrected chi connectivity index (χ2v) is 3.91. The summed E-state index contributed by atoms with van der Waals surface area (Å²) in [5.41, 5.74) is 0.913. The molecule has 5 heteroatoms. The van der Waals surface area contributed by atoms with E-state index in [1.165, 1.54) is 6.08 Å². The summed E-state index contributed by atoms with van der Waals surface area (Å²) in [5.74, 6) is -1.15. The third-order valence-corrected chi connectivity index (χ3v) is 2.52. The highest BCUT2D eigenvalue weighted by molar-refractivity contribution is 6.32. The molecule has 16 heavy (non-hydrogen) atoms. The SMILES string of the molecule is Cc1cc(Cl)c2c(c1)C=C(C(=O)O)C(F)O2. The first-order valence-electron chi connectivity index (χ1n) is 4.55. The molecule has 1 atom stereocenters. The van der Waals surface area contributed by atoms with Crippen LogP contribution in [0.25, 0.3) is 6.08 Å². The first-order valence-corrected chi connectivity index (χ1v) is 4.92. The molecule has 1 heterocycles. The number of hydrogen-bond acceptors (Lipinski definition) is 2. The average Bonchev–Trinajstić information content (AvgIpc) is 2.18. The van der Waals surface area contributed by atoms with Gasteiger partial charge in [-0.15, -0.1) is 0 Å². The van der Waals surface area contributed by atoms with E-state index >= 15 is 0 Å². The smallest absolute Gasteiger partial charge is 0.338 e. The number of carbonyl (C=O) groups is 1. The van der Waals surface area contributed by atoms with Crippen molar-refractivity contribution in [3.8, 4) is 5.75 Å². The van der Waals surface area contributed by atoms with Crippen molar-refractivity contribution in [3.05, 3.63) is 33.9 Å². The van der Waals surface area contributed by atoms with Crippen LogP contribution in [0, 0.1) is 6.92 Å². The molecule has 1 aliphatic heterocycles. The van der Waals surface area contributed by atoms with Gasteiger partial charge in [0.2, 0.25) is 0 Å². The zero-order valence-corrected chi connectivity index (χ0v) is 9.08.